The average Bonchev–Trinajstić information content (AvgIpc) is 3.06. The fourth-order valence-corrected chi connectivity index (χ4v) is 2.59. The third kappa shape index (κ3) is 6.28. The summed E-state index contributed by atoms with van der Waals surface area (Å²) >= 11 is 0. The Balaban J connectivity index is 1.54. The normalized spacial score (nSPS) is 14.6. The zero-order valence-electron chi connectivity index (χ0n) is 13.2. The van der Waals surface area contributed by atoms with Crippen LogP contribution in [0.1, 0.15) is 48.0 Å². The maximum atomic E-state index is 11.7. The van der Waals surface area contributed by atoms with Crippen molar-refractivity contribution < 1.29 is 19.4 Å². The molecular weight excluding hydrogens is 296 g/mol. The topological polar surface area (TPSA) is 87.7 Å². The van der Waals surface area contributed by atoms with Crippen LogP contribution in [0.15, 0.2) is 24.3 Å². The number of carboxylic acids is 1. The van der Waals surface area contributed by atoms with E-state index >= 15 is 0 Å². The number of urea groups is 1. The van der Waals surface area contributed by atoms with Gasteiger partial charge in [0.05, 0.1) is 11.7 Å². The first-order valence-corrected chi connectivity index (χ1v) is 8.10. The maximum Gasteiger partial charge on any atom is 0.335 e. The number of carbonyl (C=O) groups is 2. The third-order valence-electron chi connectivity index (χ3n) is 3.92. The summed E-state index contributed by atoms with van der Waals surface area (Å²) in [5.74, 6) is -0.956. The highest BCUT2D eigenvalue weighted by Crippen LogP contribution is 2.20. The molecule has 2 rings (SSSR count). The average molecular weight is 320 g/mol. The molecule has 0 aliphatic heterocycles. The summed E-state index contributed by atoms with van der Waals surface area (Å²) in [6.45, 7) is 1.63. The minimum atomic E-state index is -0.956. The first kappa shape index (κ1) is 17.3. The molecule has 1 aliphatic rings. The Bertz CT molecular complexity index is 510. The molecule has 1 saturated carbocycles. The Labute approximate surface area is 136 Å². The standard InChI is InChI=1S/C17H24N2O4/c20-16(21)14-8-6-13(7-9-14)12-19-17(22)18-10-3-11-23-15-4-1-2-5-15/h6-9,15H,1-5,10-12H2,(H,20,21)(H2,18,19,22). The molecule has 3 N–H and O–H groups in total. The summed E-state index contributed by atoms with van der Waals surface area (Å²) in [7, 11) is 0. The van der Waals surface area contributed by atoms with Gasteiger partial charge >= 0.3 is 12.0 Å². The minimum Gasteiger partial charge on any atom is -0.478 e. The molecule has 6 heteroatoms. The van der Waals surface area contributed by atoms with Crippen molar-refractivity contribution in [1.82, 2.24) is 10.6 Å². The van der Waals surface area contributed by atoms with Crippen LogP contribution in [0.5, 0.6) is 0 Å². The fourth-order valence-electron chi connectivity index (χ4n) is 2.59. The number of ether oxygens (including phenoxy) is 1. The van der Waals surface area contributed by atoms with Crippen LogP contribution < -0.4 is 10.6 Å². The number of rotatable bonds is 8. The van der Waals surface area contributed by atoms with E-state index in [0.29, 0.717) is 25.8 Å². The number of nitrogens with one attached hydrogen (secondary N) is 2. The molecule has 2 amide bonds. The molecule has 0 aromatic heterocycles. The molecule has 0 saturated heterocycles. The van der Waals surface area contributed by atoms with E-state index in [2.05, 4.69) is 10.6 Å². The number of aromatic carboxylic acids is 1. The van der Waals surface area contributed by atoms with E-state index in [1.54, 1.807) is 12.1 Å². The van der Waals surface area contributed by atoms with Crippen molar-refractivity contribution in [2.75, 3.05) is 13.2 Å². The number of hydrogen-bond donors (Lipinski definition) is 3. The molecule has 6 nitrogen and oxygen atoms in total. The molecular formula is C17H24N2O4. The van der Waals surface area contributed by atoms with E-state index in [1.807, 2.05) is 0 Å². The van der Waals surface area contributed by atoms with Crippen molar-refractivity contribution >= 4 is 12.0 Å². The van der Waals surface area contributed by atoms with Crippen molar-refractivity contribution in [1.29, 1.82) is 0 Å². The zero-order valence-corrected chi connectivity index (χ0v) is 13.2. The number of carbonyl (C=O) groups excluding carboxylic acids is 1. The summed E-state index contributed by atoms with van der Waals surface area (Å²) in [4.78, 5) is 22.4. The van der Waals surface area contributed by atoms with Crippen LogP contribution in [-0.4, -0.2) is 36.4 Å². The Morgan fingerprint density at radius 3 is 2.48 bits per heavy atom. The highest BCUT2D eigenvalue weighted by atomic mass is 16.5. The molecule has 0 atom stereocenters. The maximum absolute atomic E-state index is 11.7. The number of benzene rings is 1. The molecule has 23 heavy (non-hydrogen) atoms. The smallest absolute Gasteiger partial charge is 0.335 e. The van der Waals surface area contributed by atoms with Gasteiger partial charge < -0.3 is 20.5 Å². The lowest BCUT2D eigenvalue weighted by Gasteiger charge is -2.11. The summed E-state index contributed by atoms with van der Waals surface area (Å²) in [6.07, 6.45) is 6.07. The van der Waals surface area contributed by atoms with E-state index in [4.69, 9.17) is 9.84 Å². The Hall–Kier alpha value is -2.08. The van der Waals surface area contributed by atoms with E-state index < -0.39 is 5.97 Å². The van der Waals surface area contributed by atoms with Gasteiger partial charge in [0.25, 0.3) is 0 Å². The van der Waals surface area contributed by atoms with Gasteiger partial charge in [-0.15, -0.1) is 0 Å². The largest absolute Gasteiger partial charge is 0.478 e. The van der Waals surface area contributed by atoms with Gasteiger partial charge in [-0.05, 0) is 37.0 Å². The highest BCUT2D eigenvalue weighted by molar-refractivity contribution is 5.87. The lowest BCUT2D eigenvalue weighted by molar-refractivity contribution is 0.0572. The monoisotopic (exact) mass is 320 g/mol. The molecule has 0 bridgehead atoms. The SMILES string of the molecule is O=C(NCCCOC1CCCC1)NCc1ccc(C(=O)O)cc1. The van der Waals surface area contributed by atoms with Crippen molar-refractivity contribution in [2.24, 2.45) is 0 Å². The van der Waals surface area contributed by atoms with Gasteiger partial charge in [-0.25, -0.2) is 9.59 Å². The quantitative estimate of drug-likeness (QED) is 0.642. The molecule has 1 fully saturated rings. The summed E-state index contributed by atoms with van der Waals surface area (Å²) in [5, 5.41) is 14.3. The van der Waals surface area contributed by atoms with Crippen LogP contribution in [0.4, 0.5) is 4.79 Å². The second kappa shape index (κ2) is 9.15. The molecule has 1 aromatic carbocycles. The third-order valence-corrected chi connectivity index (χ3v) is 3.92. The van der Waals surface area contributed by atoms with Gasteiger partial charge in [-0.3, -0.25) is 0 Å². The van der Waals surface area contributed by atoms with Crippen LogP contribution in [-0.2, 0) is 11.3 Å². The van der Waals surface area contributed by atoms with Crippen LogP contribution in [0.2, 0.25) is 0 Å². The van der Waals surface area contributed by atoms with E-state index in [-0.39, 0.29) is 11.6 Å². The van der Waals surface area contributed by atoms with Crippen LogP contribution >= 0.6 is 0 Å². The molecule has 0 radical (unpaired) electrons. The van der Waals surface area contributed by atoms with Crippen LogP contribution in [0.3, 0.4) is 0 Å². The summed E-state index contributed by atoms with van der Waals surface area (Å²) < 4.78 is 5.72. The lowest BCUT2D eigenvalue weighted by atomic mass is 10.1. The van der Waals surface area contributed by atoms with Crippen molar-refractivity contribution in [3.63, 3.8) is 0 Å². The van der Waals surface area contributed by atoms with Gasteiger partial charge in [0.1, 0.15) is 0 Å². The Kier molecular flexibility index (Phi) is 6.87. The fraction of sp³-hybridized carbons (Fsp3) is 0.529. The zero-order chi connectivity index (χ0) is 16.5. The second-order valence-corrected chi connectivity index (χ2v) is 5.74. The highest BCUT2D eigenvalue weighted by Gasteiger charge is 2.14. The summed E-state index contributed by atoms with van der Waals surface area (Å²) in [5.41, 5.74) is 1.09. The van der Waals surface area contributed by atoms with Crippen molar-refractivity contribution in [3.8, 4) is 0 Å². The molecule has 126 valence electrons. The van der Waals surface area contributed by atoms with Crippen LogP contribution in [0.25, 0.3) is 0 Å². The lowest BCUT2D eigenvalue weighted by Crippen LogP contribution is -2.36. The molecule has 1 aliphatic carbocycles. The number of amides is 2. The summed E-state index contributed by atoms with van der Waals surface area (Å²) in [6, 6.07) is 6.21. The van der Waals surface area contributed by atoms with Gasteiger partial charge in [0.15, 0.2) is 0 Å². The van der Waals surface area contributed by atoms with E-state index in [1.165, 1.54) is 25.0 Å². The Morgan fingerprint density at radius 1 is 1.13 bits per heavy atom. The molecule has 1 aromatic rings. The predicted octanol–water partition coefficient (Wildman–Crippen LogP) is 2.53. The first-order chi connectivity index (χ1) is 11.1. The van der Waals surface area contributed by atoms with Gasteiger partial charge in [0, 0.05) is 19.7 Å². The number of hydrogen-bond acceptors (Lipinski definition) is 3. The second-order valence-electron chi connectivity index (χ2n) is 5.74. The van der Waals surface area contributed by atoms with Crippen LogP contribution in [0, 0.1) is 0 Å². The van der Waals surface area contributed by atoms with Crippen molar-refractivity contribution in [3.05, 3.63) is 35.4 Å². The predicted molar refractivity (Wildman–Crippen MR) is 86.5 cm³/mol. The van der Waals surface area contributed by atoms with E-state index in [0.717, 1.165) is 24.8 Å². The van der Waals surface area contributed by atoms with E-state index in [9.17, 15) is 9.59 Å². The molecule has 0 spiro atoms. The van der Waals surface area contributed by atoms with Crippen molar-refractivity contribution in [2.45, 2.75) is 44.8 Å². The van der Waals surface area contributed by atoms with Gasteiger partial charge in [-0.2, -0.15) is 0 Å². The molecule has 0 heterocycles. The first-order valence-electron chi connectivity index (χ1n) is 8.10. The molecule has 0 unspecified atom stereocenters. The minimum absolute atomic E-state index is 0.229. The number of carboxylic acid groups (broad SMARTS) is 1. The Morgan fingerprint density at radius 2 is 1.83 bits per heavy atom. The van der Waals surface area contributed by atoms with Gasteiger partial charge in [-0.1, -0.05) is 25.0 Å². The van der Waals surface area contributed by atoms with Gasteiger partial charge in [0.2, 0.25) is 0 Å².